The normalized spacial score (nSPS) is 10.2. The Morgan fingerprint density at radius 2 is 1.88 bits per heavy atom. The maximum Gasteiger partial charge on any atom is 0.216 e. The quantitative estimate of drug-likeness (QED) is 0.507. The Bertz CT molecular complexity index is 820. The molecule has 2 heterocycles. The lowest BCUT2D eigenvalue weighted by Crippen LogP contribution is -2.14. The smallest absolute Gasteiger partial charge is 0.216 e. The van der Waals surface area contributed by atoms with Crippen LogP contribution in [-0.2, 0) is 0 Å². The zero-order valence-electron chi connectivity index (χ0n) is 12.9. The fourth-order valence-corrected chi connectivity index (χ4v) is 2.37. The molecule has 2 aromatic heterocycles. The number of aryl methyl sites for hydroxylation is 1. The van der Waals surface area contributed by atoms with Crippen LogP contribution in [0.25, 0.3) is 5.69 Å². The summed E-state index contributed by atoms with van der Waals surface area (Å²) in [6.45, 7) is 2.96. The van der Waals surface area contributed by atoms with Crippen LogP contribution in [0.4, 0.5) is 5.82 Å². The molecule has 0 saturated heterocycles. The lowest BCUT2D eigenvalue weighted by atomic mass is 10.2. The van der Waals surface area contributed by atoms with Crippen LogP contribution in [0.2, 0.25) is 10.2 Å². The summed E-state index contributed by atoms with van der Waals surface area (Å²) in [5.74, 6) is 1.14. The lowest BCUT2D eigenvalue weighted by Gasteiger charge is -2.11. The molecule has 25 heavy (non-hydrogen) atoms. The number of aromatic nitrogens is 4. The van der Waals surface area contributed by atoms with Gasteiger partial charge in [0.15, 0.2) is 5.15 Å². The Morgan fingerprint density at radius 1 is 1.12 bits per heavy atom. The molecule has 0 spiro atoms. The van der Waals surface area contributed by atoms with E-state index in [0.717, 1.165) is 5.69 Å². The van der Waals surface area contributed by atoms with Gasteiger partial charge in [-0.25, -0.2) is 14.6 Å². The van der Waals surface area contributed by atoms with Crippen LogP contribution in [-0.4, -0.2) is 32.9 Å². The number of benzene rings is 1. The third-order valence-electron chi connectivity index (χ3n) is 3.28. The summed E-state index contributed by atoms with van der Waals surface area (Å²) in [5.41, 5.74) is 2.14. The Morgan fingerprint density at radius 3 is 2.64 bits per heavy atom. The number of nitrogens with one attached hydrogen (secondary N) is 1. The molecule has 1 aromatic carbocycles. The number of halogens is 2. The van der Waals surface area contributed by atoms with Crippen molar-refractivity contribution < 1.29 is 4.74 Å². The third kappa shape index (κ3) is 4.61. The summed E-state index contributed by atoms with van der Waals surface area (Å²) in [5, 5.41) is 7.86. The molecule has 0 aliphatic carbocycles. The second-order valence-corrected chi connectivity index (χ2v) is 5.76. The van der Waals surface area contributed by atoms with Crippen LogP contribution >= 0.6 is 23.2 Å². The van der Waals surface area contributed by atoms with Crippen LogP contribution in [0.3, 0.4) is 0 Å². The van der Waals surface area contributed by atoms with Gasteiger partial charge in [0.05, 0.1) is 18.4 Å². The van der Waals surface area contributed by atoms with Crippen LogP contribution in [0.15, 0.2) is 42.9 Å². The van der Waals surface area contributed by atoms with Crippen LogP contribution in [0.5, 0.6) is 5.88 Å². The molecule has 0 unspecified atom stereocenters. The SMILES string of the molecule is C.Cc1ccc(-n2nccc2OCCNc2ncnc(Cl)c2Cl)cc1. The predicted molar refractivity (Wildman–Crippen MR) is 101 cm³/mol. The van der Waals surface area contributed by atoms with Crippen molar-refractivity contribution >= 4 is 29.0 Å². The molecule has 0 fully saturated rings. The van der Waals surface area contributed by atoms with Gasteiger partial charge in [0.25, 0.3) is 0 Å². The summed E-state index contributed by atoms with van der Waals surface area (Å²) in [6, 6.07) is 9.87. The van der Waals surface area contributed by atoms with E-state index in [-0.39, 0.29) is 12.6 Å². The van der Waals surface area contributed by atoms with Gasteiger partial charge >= 0.3 is 0 Å². The number of hydrogen-bond acceptors (Lipinski definition) is 5. The molecular formula is C17H19Cl2N5O. The molecule has 0 bridgehead atoms. The molecule has 8 heteroatoms. The molecule has 0 aliphatic heterocycles. The van der Waals surface area contributed by atoms with E-state index in [4.69, 9.17) is 27.9 Å². The largest absolute Gasteiger partial charge is 0.476 e. The summed E-state index contributed by atoms with van der Waals surface area (Å²) in [4.78, 5) is 7.83. The van der Waals surface area contributed by atoms with Crippen molar-refractivity contribution in [3.8, 4) is 11.6 Å². The summed E-state index contributed by atoms with van der Waals surface area (Å²) >= 11 is 11.9. The van der Waals surface area contributed by atoms with Gasteiger partial charge in [0.2, 0.25) is 5.88 Å². The van der Waals surface area contributed by atoms with E-state index in [0.29, 0.717) is 29.9 Å². The number of ether oxygens (including phenoxy) is 1. The molecule has 132 valence electrons. The number of anilines is 1. The number of nitrogens with zero attached hydrogens (tertiary/aromatic N) is 4. The highest BCUT2D eigenvalue weighted by Crippen LogP contribution is 2.25. The van der Waals surface area contributed by atoms with Crippen LogP contribution in [0, 0.1) is 6.92 Å². The van der Waals surface area contributed by atoms with E-state index in [9.17, 15) is 0 Å². The van der Waals surface area contributed by atoms with Crippen molar-refractivity contribution in [3.63, 3.8) is 0 Å². The third-order valence-corrected chi connectivity index (χ3v) is 4.02. The van der Waals surface area contributed by atoms with Crippen molar-refractivity contribution in [2.75, 3.05) is 18.5 Å². The van der Waals surface area contributed by atoms with Gasteiger partial charge in [-0.3, -0.25) is 0 Å². The van der Waals surface area contributed by atoms with Gasteiger partial charge in [0, 0.05) is 6.07 Å². The first kappa shape index (κ1) is 19.0. The van der Waals surface area contributed by atoms with Crippen molar-refractivity contribution in [1.29, 1.82) is 0 Å². The molecule has 0 aliphatic rings. The second kappa shape index (κ2) is 8.69. The van der Waals surface area contributed by atoms with Gasteiger partial charge in [-0.15, -0.1) is 0 Å². The number of rotatable bonds is 6. The van der Waals surface area contributed by atoms with E-state index >= 15 is 0 Å². The molecule has 1 N–H and O–H groups in total. The van der Waals surface area contributed by atoms with E-state index < -0.39 is 0 Å². The van der Waals surface area contributed by atoms with Crippen LogP contribution < -0.4 is 10.1 Å². The Kier molecular flexibility index (Phi) is 6.61. The number of hydrogen-bond donors (Lipinski definition) is 1. The van der Waals surface area contributed by atoms with E-state index in [2.05, 4.69) is 20.4 Å². The fraction of sp³-hybridized carbons (Fsp3) is 0.235. The first-order valence-electron chi connectivity index (χ1n) is 7.29. The molecule has 0 saturated carbocycles. The average Bonchev–Trinajstić information content (AvgIpc) is 3.04. The average molecular weight is 380 g/mol. The molecule has 0 radical (unpaired) electrons. The van der Waals surface area contributed by atoms with E-state index in [1.54, 1.807) is 10.9 Å². The van der Waals surface area contributed by atoms with Gasteiger partial charge in [-0.1, -0.05) is 48.3 Å². The highest BCUT2D eigenvalue weighted by atomic mass is 35.5. The molecule has 3 rings (SSSR count). The van der Waals surface area contributed by atoms with Crippen molar-refractivity contribution in [2.45, 2.75) is 14.4 Å². The maximum atomic E-state index is 6.02. The Hall–Kier alpha value is -2.31. The van der Waals surface area contributed by atoms with Gasteiger partial charge in [0.1, 0.15) is 23.8 Å². The summed E-state index contributed by atoms with van der Waals surface area (Å²) < 4.78 is 7.52. The standard InChI is InChI=1S/C16H15Cl2N5O.CH4/c1-11-2-4-12(5-3-11)23-13(6-7-22-23)24-9-8-19-16-14(17)15(18)20-10-21-16;/h2-7,10H,8-9H2,1H3,(H,19,20,21);1H4. The zero-order chi connectivity index (χ0) is 16.9. The highest BCUT2D eigenvalue weighted by molar-refractivity contribution is 6.42. The molecule has 3 aromatic rings. The minimum absolute atomic E-state index is 0. The lowest BCUT2D eigenvalue weighted by molar-refractivity contribution is 0.310. The van der Waals surface area contributed by atoms with Crippen molar-refractivity contribution in [1.82, 2.24) is 19.7 Å². The first-order valence-corrected chi connectivity index (χ1v) is 8.04. The van der Waals surface area contributed by atoms with Crippen LogP contribution in [0.1, 0.15) is 13.0 Å². The Balaban J connectivity index is 0.00000225. The predicted octanol–water partition coefficient (Wildman–Crippen LogP) is 4.40. The minimum atomic E-state index is 0. The topological polar surface area (TPSA) is 64.9 Å². The molecule has 0 amide bonds. The molecule has 0 atom stereocenters. The van der Waals surface area contributed by atoms with E-state index in [1.165, 1.54) is 11.9 Å². The Labute approximate surface area is 156 Å². The fourth-order valence-electron chi connectivity index (χ4n) is 2.08. The van der Waals surface area contributed by atoms with Gasteiger partial charge in [-0.2, -0.15) is 5.10 Å². The zero-order valence-corrected chi connectivity index (χ0v) is 14.4. The maximum absolute atomic E-state index is 6.02. The molecular weight excluding hydrogens is 361 g/mol. The highest BCUT2D eigenvalue weighted by Gasteiger charge is 2.08. The minimum Gasteiger partial charge on any atom is -0.476 e. The van der Waals surface area contributed by atoms with Gasteiger partial charge in [-0.05, 0) is 19.1 Å². The van der Waals surface area contributed by atoms with Crippen molar-refractivity contribution in [3.05, 3.63) is 58.6 Å². The summed E-state index contributed by atoms with van der Waals surface area (Å²) in [7, 11) is 0. The van der Waals surface area contributed by atoms with Gasteiger partial charge < -0.3 is 10.1 Å². The van der Waals surface area contributed by atoms with Crippen molar-refractivity contribution in [2.24, 2.45) is 0 Å². The first-order chi connectivity index (χ1) is 11.6. The molecule has 6 nitrogen and oxygen atoms in total. The summed E-state index contributed by atoms with van der Waals surface area (Å²) in [6.07, 6.45) is 3.05. The monoisotopic (exact) mass is 379 g/mol. The van der Waals surface area contributed by atoms with E-state index in [1.807, 2.05) is 37.3 Å². The second-order valence-electron chi connectivity index (χ2n) is 5.02.